The van der Waals surface area contributed by atoms with Crippen LogP contribution in [0.15, 0.2) is 6.07 Å². The lowest BCUT2D eigenvalue weighted by Crippen LogP contribution is -2.15. The maximum atomic E-state index is 5.37. The minimum absolute atomic E-state index is 0.260. The minimum Gasteiger partial charge on any atom is -0.380 e. The quantitative estimate of drug-likeness (QED) is 0.378. The molecule has 0 spiro atoms. The smallest absolute Gasteiger partial charge is 0.145 e. The number of nitrogen functional groups attached to an aromatic ring is 1. The lowest BCUT2D eigenvalue weighted by Gasteiger charge is -2.11. The third-order valence-electron chi connectivity index (χ3n) is 2.16. The van der Waals surface area contributed by atoms with Crippen LogP contribution in [-0.4, -0.2) is 29.7 Å². The molecule has 4 N–H and O–H groups in total. The zero-order valence-corrected chi connectivity index (χ0v) is 10.7. The fourth-order valence-corrected chi connectivity index (χ4v) is 1.28. The Hall–Kier alpha value is -1.40. The van der Waals surface area contributed by atoms with Crippen LogP contribution in [0.25, 0.3) is 0 Å². The Morgan fingerprint density at radius 1 is 1.35 bits per heavy atom. The number of rotatable bonds is 7. The van der Waals surface area contributed by atoms with Crippen molar-refractivity contribution in [2.75, 3.05) is 30.5 Å². The number of nitrogens with two attached hydrogens (primary N) is 1. The molecule has 6 nitrogen and oxygen atoms in total. The summed E-state index contributed by atoms with van der Waals surface area (Å²) in [5, 5.41) is 3.18. The molecule has 6 heteroatoms. The highest BCUT2D eigenvalue weighted by Crippen LogP contribution is 2.15. The van der Waals surface area contributed by atoms with Gasteiger partial charge in [0, 0.05) is 25.1 Å². The standard InChI is InChI=1S/C11H21N5O/c1-4-17-6-5-13-9-7-10(16-12)15-11(14-9)8(2)3/h7-8H,4-6,12H2,1-3H3,(H2,13,14,15,16). The van der Waals surface area contributed by atoms with Gasteiger partial charge < -0.3 is 15.5 Å². The summed E-state index contributed by atoms with van der Waals surface area (Å²) in [6.45, 7) is 8.14. The second kappa shape index (κ2) is 7.03. The fourth-order valence-electron chi connectivity index (χ4n) is 1.28. The maximum Gasteiger partial charge on any atom is 0.145 e. The van der Waals surface area contributed by atoms with Gasteiger partial charge in [-0.2, -0.15) is 0 Å². The molecule has 0 aliphatic heterocycles. The molecule has 1 rings (SSSR count). The summed E-state index contributed by atoms with van der Waals surface area (Å²) in [5.74, 6) is 7.77. The van der Waals surface area contributed by atoms with Crippen molar-refractivity contribution in [1.82, 2.24) is 9.97 Å². The number of hydrazine groups is 1. The van der Waals surface area contributed by atoms with Gasteiger partial charge in [-0.05, 0) is 6.92 Å². The minimum atomic E-state index is 0.260. The van der Waals surface area contributed by atoms with Crippen molar-refractivity contribution in [3.05, 3.63) is 11.9 Å². The molecule has 0 aliphatic carbocycles. The Morgan fingerprint density at radius 2 is 2.06 bits per heavy atom. The van der Waals surface area contributed by atoms with Gasteiger partial charge in [0.05, 0.1) is 6.61 Å². The van der Waals surface area contributed by atoms with E-state index in [9.17, 15) is 0 Å². The molecule has 0 amide bonds. The van der Waals surface area contributed by atoms with E-state index in [0.29, 0.717) is 19.0 Å². The van der Waals surface area contributed by atoms with Crippen molar-refractivity contribution in [3.8, 4) is 0 Å². The number of anilines is 2. The van der Waals surface area contributed by atoms with E-state index in [-0.39, 0.29) is 5.92 Å². The predicted octanol–water partition coefficient (Wildman–Crippen LogP) is 1.33. The molecule has 0 saturated heterocycles. The molecule has 0 radical (unpaired) electrons. The van der Waals surface area contributed by atoms with Gasteiger partial charge in [0.15, 0.2) is 0 Å². The molecular weight excluding hydrogens is 218 g/mol. The first kappa shape index (κ1) is 13.7. The molecule has 0 aromatic carbocycles. The zero-order valence-electron chi connectivity index (χ0n) is 10.7. The number of hydrogen-bond donors (Lipinski definition) is 3. The van der Waals surface area contributed by atoms with E-state index in [1.165, 1.54) is 0 Å². The predicted molar refractivity (Wildman–Crippen MR) is 68.9 cm³/mol. The van der Waals surface area contributed by atoms with Crippen molar-refractivity contribution in [2.24, 2.45) is 5.84 Å². The van der Waals surface area contributed by atoms with Gasteiger partial charge in [-0.15, -0.1) is 0 Å². The van der Waals surface area contributed by atoms with Gasteiger partial charge in [0.2, 0.25) is 0 Å². The fraction of sp³-hybridized carbons (Fsp3) is 0.636. The lowest BCUT2D eigenvalue weighted by molar-refractivity contribution is 0.158. The highest BCUT2D eigenvalue weighted by Gasteiger charge is 2.07. The SMILES string of the molecule is CCOCCNc1cc(NN)nc(C(C)C)n1. The van der Waals surface area contributed by atoms with Crippen LogP contribution in [0, 0.1) is 0 Å². The molecule has 0 aliphatic rings. The second-order valence-electron chi connectivity index (χ2n) is 3.92. The summed E-state index contributed by atoms with van der Waals surface area (Å²) in [4.78, 5) is 8.68. The maximum absolute atomic E-state index is 5.37. The van der Waals surface area contributed by atoms with Crippen LogP contribution in [0.3, 0.4) is 0 Å². The Bertz CT molecular complexity index is 343. The van der Waals surface area contributed by atoms with Crippen molar-refractivity contribution < 1.29 is 4.74 Å². The van der Waals surface area contributed by atoms with E-state index < -0.39 is 0 Å². The van der Waals surface area contributed by atoms with Crippen LogP contribution in [0.2, 0.25) is 0 Å². The van der Waals surface area contributed by atoms with Gasteiger partial charge in [-0.25, -0.2) is 15.8 Å². The van der Waals surface area contributed by atoms with Crippen LogP contribution < -0.4 is 16.6 Å². The highest BCUT2D eigenvalue weighted by atomic mass is 16.5. The molecular formula is C11H21N5O. The molecule has 0 atom stereocenters. The number of aromatic nitrogens is 2. The normalized spacial score (nSPS) is 10.6. The Kier molecular flexibility index (Phi) is 5.65. The first-order valence-corrected chi connectivity index (χ1v) is 5.84. The topological polar surface area (TPSA) is 85.1 Å². The summed E-state index contributed by atoms with van der Waals surface area (Å²) >= 11 is 0. The van der Waals surface area contributed by atoms with Crippen LogP contribution in [0.1, 0.15) is 32.5 Å². The highest BCUT2D eigenvalue weighted by molar-refractivity contribution is 5.47. The van der Waals surface area contributed by atoms with Gasteiger partial charge >= 0.3 is 0 Å². The average Bonchev–Trinajstić information content (AvgIpc) is 2.34. The Balaban J connectivity index is 2.66. The summed E-state index contributed by atoms with van der Waals surface area (Å²) < 4.78 is 5.24. The second-order valence-corrected chi connectivity index (χ2v) is 3.92. The summed E-state index contributed by atoms with van der Waals surface area (Å²) in [7, 11) is 0. The molecule has 0 fully saturated rings. The van der Waals surface area contributed by atoms with E-state index in [4.69, 9.17) is 10.6 Å². The zero-order chi connectivity index (χ0) is 12.7. The Labute approximate surface area is 102 Å². The van der Waals surface area contributed by atoms with E-state index in [1.54, 1.807) is 6.07 Å². The van der Waals surface area contributed by atoms with Crippen LogP contribution in [0.4, 0.5) is 11.6 Å². The van der Waals surface area contributed by atoms with Crippen LogP contribution in [0.5, 0.6) is 0 Å². The third-order valence-corrected chi connectivity index (χ3v) is 2.16. The number of nitrogens with zero attached hydrogens (tertiary/aromatic N) is 2. The largest absolute Gasteiger partial charge is 0.380 e. The van der Waals surface area contributed by atoms with E-state index >= 15 is 0 Å². The van der Waals surface area contributed by atoms with Crippen molar-refractivity contribution in [1.29, 1.82) is 0 Å². The molecule has 1 aromatic rings. The van der Waals surface area contributed by atoms with E-state index in [1.807, 2.05) is 20.8 Å². The number of hydrogen-bond acceptors (Lipinski definition) is 6. The first-order chi connectivity index (χ1) is 8.17. The summed E-state index contributed by atoms with van der Waals surface area (Å²) in [6, 6.07) is 1.78. The van der Waals surface area contributed by atoms with Gasteiger partial charge in [-0.3, -0.25) is 0 Å². The summed E-state index contributed by atoms with van der Waals surface area (Å²) in [6.07, 6.45) is 0. The molecule has 0 saturated carbocycles. The molecule has 1 heterocycles. The lowest BCUT2D eigenvalue weighted by atomic mass is 10.2. The van der Waals surface area contributed by atoms with Crippen LogP contribution >= 0.6 is 0 Å². The molecule has 0 unspecified atom stereocenters. The van der Waals surface area contributed by atoms with Crippen molar-refractivity contribution in [3.63, 3.8) is 0 Å². The van der Waals surface area contributed by atoms with Crippen molar-refractivity contribution >= 4 is 11.6 Å². The van der Waals surface area contributed by atoms with Crippen LogP contribution in [-0.2, 0) is 4.74 Å². The summed E-state index contributed by atoms with van der Waals surface area (Å²) in [5.41, 5.74) is 2.54. The van der Waals surface area contributed by atoms with E-state index in [2.05, 4.69) is 20.7 Å². The molecule has 96 valence electrons. The molecule has 1 aromatic heterocycles. The number of ether oxygens (including phenoxy) is 1. The van der Waals surface area contributed by atoms with E-state index in [0.717, 1.165) is 18.2 Å². The number of nitrogens with one attached hydrogen (secondary N) is 2. The first-order valence-electron chi connectivity index (χ1n) is 5.84. The Morgan fingerprint density at radius 3 is 2.65 bits per heavy atom. The average molecular weight is 239 g/mol. The monoisotopic (exact) mass is 239 g/mol. The molecule has 0 bridgehead atoms. The molecule has 17 heavy (non-hydrogen) atoms. The van der Waals surface area contributed by atoms with Crippen molar-refractivity contribution in [2.45, 2.75) is 26.7 Å². The van der Waals surface area contributed by atoms with Gasteiger partial charge in [0.1, 0.15) is 17.5 Å². The third kappa shape index (κ3) is 4.54. The van der Waals surface area contributed by atoms with Gasteiger partial charge in [0.25, 0.3) is 0 Å². The van der Waals surface area contributed by atoms with Gasteiger partial charge in [-0.1, -0.05) is 13.8 Å².